The number of carbonyl (C=O) groups is 1. The number of esters is 1. The lowest BCUT2D eigenvalue weighted by atomic mass is 9.99. The third kappa shape index (κ3) is 3.86. The van der Waals surface area contributed by atoms with E-state index < -0.39 is 11.6 Å². The van der Waals surface area contributed by atoms with Crippen LogP contribution in [0.2, 0.25) is 0 Å². The maximum atomic E-state index is 12.6. The molecule has 0 saturated heterocycles. The minimum atomic E-state index is -0.465. The molecule has 1 heterocycles. The summed E-state index contributed by atoms with van der Waals surface area (Å²) in [6.07, 6.45) is 0. The number of methoxy groups -OCH3 is 1. The number of fused-ring (bicyclic) bond motifs is 1. The fourth-order valence-corrected chi connectivity index (χ4v) is 3.50. The van der Waals surface area contributed by atoms with Crippen molar-refractivity contribution in [1.29, 1.82) is 0 Å². The molecule has 4 rings (SSSR count). The van der Waals surface area contributed by atoms with Gasteiger partial charge >= 0.3 is 11.6 Å². The van der Waals surface area contributed by atoms with Gasteiger partial charge < -0.3 is 13.9 Å². The number of halogens is 1. The average molecular weight is 465 g/mol. The van der Waals surface area contributed by atoms with Crippen LogP contribution in [0.3, 0.4) is 0 Å². The van der Waals surface area contributed by atoms with E-state index in [4.69, 9.17) is 13.9 Å². The molecule has 6 heteroatoms. The van der Waals surface area contributed by atoms with Crippen LogP contribution in [0.25, 0.3) is 22.1 Å². The van der Waals surface area contributed by atoms with E-state index >= 15 is 0 Å². The lowest BCUT2D eigenvalue weighted by Gasteiger charge is -2.10. The van der Waals surface area contributed by atoms with Gasteiger partial charge in [-0.1, -0.05) is 28.1 Å². The molecule has 0 saturated carbocycles. The number of rotatable bonds is 4. The second kappa shape index (κ2) is 8.16. The Morgan fingerprint density at radius 3 is 2.27 bits per heavy atom. The van der Waals surface area contributed by atoms with Crippen LogP contribution in [-0.2, 0) is 0 Å². The molecule has 0 unspecified atom stereocenters. The summed E-state index contributed by atoms with van der Waals surface area (Å²) in [5, 5.41) is 0.696. The maximum Gasteiger partial charge on any atom is 0.344 e. The van der Waals surface area contributed by atoms with Crippen molar-refractivity contribution in [3.8, 4) is 22.6 Å². The Morgan fingerprint density at radius 1 is 0.933 bits per heavy atom. The summed E-state index contributed by atoms with van der Waals surface area (Å²) in [5.74, 6) is 0.601. The number of benzene rings is 3. The monoisotopic (exact) mass is 464 g/mol. The van der Waals surface area contributed by atoms with Crippen molar-refractivity contribution < 1.29 is 18.7 Å². The molecule has 0 fully saturated rings. The summed E-state index contributed by atoms with van der Waals surface area (Å²) in [5.41, 5.74) is 2.37. The van der Waals surface area contributed by atoms with Gasteiger partial charge in [0, 0.05) is 9.86 Å². The van der Waals surface area contributed by atoms with Crippen molar-refractivity contribution in [2.45, 2.75) is 6.92 Å². The molecular formula is C24H17BrO5. The zero-order valence-corrected chi connectivity index (χ0v) is 17.9. The summed E-state index contributed by atoms with van der Waals surface area (Å²) in [4.78, 5) is 25.0. The van der Waals surface area contributed by atoms with Crippen LogP contribution in [0.1, 0.15) is 15.9 Å². The predicted octanol–water partition coefficient (Wildman–Crippen LogP) is 5.76. The van der Waals surface area contributed by atoms with Crippen LogP contribution >= 0.6 is 15.9 Å². The topological polar surface area (TPSA) is 65.7 Å². The van der Waals surface area contributed by atoms with E-state index in [2.05, 4.69) is 15.9 Å². The van der Waals surface area contributed by atoms with Gasteiger partial charge in [-0.25, -0.2) is 9.59 Å². The van der Waals surface area contributed by atoms with E-state index in [0.29, 0.717) is 33.6 Å². The van der Waals surface area contributed by atoms with Crippen LogP contribution in [0.5, 0.6) is 11.5 Å². The highest BCUT2D eigenvalue weighted by Crippen LogP contribution is 2.30. The van der Waals surface area contributed by atoms with Crippen molar-refractivity contribution in [1.82, 2.24) is 0 Å². The molecule has 0 aliphatic heterocycles. The SMILES string of the molecule is COc1ccc(-c2c(C)c3cc(OC(=O)c4ccc(Br)cc4)ccc3oc2=O)cc1. The van der Waals surface area contributed by atoms with E-state index in [-0.39, 0.29) is 0 Å². The fraction of sp³-hybridized carbons (Fsp3) is 0.0833. The van der Waals surface area contributed by atoms with Crippen LogP contribution in [0.15, 0.2) is 80.4 Å². The van der Waals surface area contributed by atoms with E-state index in [1.54, 1.807) is 73.8 Å². The largest absolute Gasteiger partial charge is 0.497 e. The van der Waals surface area contributed by atoms with Crippen LogP contribution in [0.4, 0.5) is 0 Å². The van der Waals surface area contributed by atoms with Crippen molar-refractivity contribution in [2.75, 3.05) is 7.11 Å². The first kappa shape index (κ1) is 19.9. The lowest BCUT2D eigenvalue weighted by Crippen LogP contribution is -2.09. The molecule has 0 amide bonds. The quantitative estimate of drug-likeness (QED) is 0.218. The molecule has 30 heavy (non-hydrogen) atoms. The Morgan fingerprint density at radius 2 is 1.60 bits per heavy atom. The van der Waals surface area contributed by atoms with E-state index in [9.17, 15) is 9.59 Å². The number of hydrogen-bond donors (Lipinski definition) is 0. The molecule has 1 aromatic heterocycles. The van der Waals surface area contributed by atoms with Crippen molar-refractivity contribution in [3.63, 3.8) is 0 Å². The molecule has 150 valence electrons. The van der Waals surface area contributed by atoms with Crippen molar-refractivity contribution in [2.24, 2.45) is 0 Å². The second-order valence-electron chi connectivity index (χ2n) is 6.67. The maximum absolute atomic E-state index is 12.6. The summed E-state index contributed by atoms with van der Waals surface area (Å²) in [6.45, 7) is 1.85. The normalized spacial score (nSPS) is 10.8. The zero-order valence-electron chi connectivity index (χ0n) is 16.3. The molecule has 0 spiro atoms. The van der Waals surface area contributed by atoms with E-state index in [0.717, 1.165) is 15.6 Å². The van der Waals surface area contributed by atoms with Crippen molar-refractivity contribution in [3.05, 3.63) is 92.7 Å². The fourth-order valence-electron chi connectivity index (χ4n) is 3.24. The summed E-state index contributed by atoms with van der Waals surface area (Å²) < 4.78 is 17.1. The third-order valence-electron chi connectivity index (χ3n) is 4.81. The highest BCUT2D eigenvalue weighted by atomic mass is 79.9. The second-order valence-corrected chi connectivity index (χ2v) is 7.59. The number of aryl methyl sites for hydroxylation is 1. The van der Waals surface area contributed by atoms with Gasteiger partial charge in [0.1, 0.15) is 17.1 Å². The highest BCUT2D eigenvalue weighted by Gasteiger charge is 2.15. The van der Waals surface area contributed by atoms with Gasteiger partial charge in [0.15, 0.2) is 0 Å². The Kier molecular flexibility index (Phi) is 5.42. The van der Waals surface area contributed by atoms with Crippen LogP contribution in [-0.4, -0.2) is 13.1 Å². The average Bonchev–Trinajstić information content (AvgIpc) is 2.75. The Hall–Kier alpha value is -3.38. The van der Waals surface area contributed by atoms with Gasteiger partial charge in [0.05, 0.1) is 18.2 Å². The van der Waals surface area contributed by atoms with E-state index in [1.807, 2.05) is 6.92 Å². The number of ether oxygens (including phenoxy) is 2. The smallest absolute Gasteiger partial charge is 0.344 e. The molecule has 4 aromatic rings. The zero-order chi connectivity index (χ0) is 21.3. The highest BCUT2D eigenvalue weighted by molar-refractivity contribution is 9.10. The first-order valence-corrected chi connectivity index (χ1v) is 9.95. The Balaban J connectivity index is 1.73. The minimum absolute atomic E-state index is 0.369. The molecule has 0 bridgehead atoms. The van der Waals surface area contributed by atoms with Crippen LogP contribution < -0.4 is 15.1 Å². The molecule has 0 aliphatic carbocycles. The Labute approximate surface area is 181 Å². The summed E-state index contributed by atoms with van der Waals surface area (Å²) >= 11 is 3.34. The molecule has 0 atom stereocenters. The summed E-state index contributed by atoms with van der Waals surface area (Å²) in [6, 6.07) is 19.0. The molecule has 0 aliphatic rings. The van der Waals surface area contributed by atoms with Gasteiger partial charge in [-0.15, -0.1) is 0 Å². The van der Waals surface area contributed by atoms with Crippen LogP contribution in [0, 0.1) is 6.92 Å². The molecule has 0 radical (unpaired) electrons. The van der Waals surface area contributed by atoms with Gasteiger partial charge in [-0.2, -0.15) is 0 Å². The minimum Gasteiger partial charge on any atom is -0.497 e. The summed E-state index contributed by atoms with van der Waals surface area (Å²) in [7, 11) is 1.59. The Bertz CT molecular complexity index is 1290. The molecular weight excluding hydrogens is 448 g/mol. The first-order chi connectivity index (χ1) is 14.5. The van der Waals surface area contributed by atoms with Gasteiger partial charge in [-0.3, -0.25) is 0 Å². The lowest BCUT2D eigenvalue weighted by molar-refractivity contribution is 0.0735. The predicted molar refractivity (Wildman–Crippen MR) is 118 cm³/mol. The number of carbonyl (C=O) groups excluding carboxylic acids is 1. The van der Waals surface area contributed by atoms with Gasteiger partial charge in [0.2, 0.25) is 0 Å². The molecule has 0 N–H and O–H groups in total. The van der Waals surface area contributed by atoms with Gasteiger partial charge in [-0.05, 0) is 72.6 Å². The third-order valence-corrected chi connectivity index (χ3v) is 5.33. The van der Waals surface area contributed by atoms with E-state index in [1.165, 1.54) is 0 Å². The number of hydrogen-bond acceptors (Lipinski definition) is 5. The molecule has 3 aromatic carbocycles. The first-order valence-electron chi connectivity index (χ1n) is 9.16. The van der Waals surface area contributed by atoms with Gasteiger partial charge in [0.25, 0.3) is 0 Å². The molecule has 5 nitrogen and oxygen atoms in total. The van der Waals surface area contributed by atoms with Crippen molar-refractivity contribution >= 4 is 32.9 Å². The standard InChI is InChI=1S/C24H17BrO5/c1-14-20-13-19(29-23(26)16-3-7-17(25)8-4-16)11-12-21(20)30-24(27)22(14)15-5-9-18(28-2)10-6-15/h3-13H,1-2H3.